The Morgan fingerprint density at radius 1 is 0.923 bits per heavy atom. The highest BCUT2D eigenvalue weighted by Crippen LogP contribution is 2.46. The van der Waals surface area contributed by atoms with Crippen molar-refractivity contribution in [3.05, 3.63) is 95.7 Å². The summed E-state index contributed by atoms with van der Waals surface area (Å²) in [5, 5.41) is 0.643. The van der Waals surface area contributed by atoms with Crippen molar-refractivity contribution < 1.29 is 23.8 Å². The van der Waals surface area contributed by atoms with Crippen LogP contribution in [-0.2, 0) is 14.9 Å². The van der Waals surface area contributed by atoms with Gasteiger partial charge in [0.1, 0.15) is 0 Å². The average Bonchev–Trinajstić information content (AvgIpc) is 3.15. The fraction of sp³-hybridized carbons (Fsp3) is 0.219. The van der Waals surface area contributed by atoms with E-state index in [2.05, 4.69) is 19.9 Å². The first kappa shape index (κ1) is 26.0. The number of carbonyl (C=O) groups excluding carboxylic acids is 2. The molecule has 1 aliphatic rings. The van der Waals surface area contributed by atoms with E-state index in [1.807, 2.05) is 60.5 Å². The number of methoxy groups -OCH3 is 2. The number of allylic oxidation sites excluding steroid dienone is 1. The Hall–Kier alpha value is -4.65. The summed E-state index contributed by atoms with van der Waals surface area (Å²) < 4.78 is 16.3. The first-order valence-electron chi connectivity index (χ1n) is 12.6. The Bertz CT molecular complexity index is 1620. The van der Waals surface area contributed by atoms with Crippen molar-refractivity contribution in [2.24, 2.45) is 0 Å². The van der Waals surface area contributed by atoms with Crippen molar-refractivity contribution in [3.8, 4) is 22.8 Å². The Morgan fingerprint density at radius 3 is 2.38 bits per heavy atom. The summed E-state index contributed by atoms with van der Waals surface area (Å²) in [6.07, 6.45) is 1.58. The van der Waals surface area contributed by atoms with E-state index in [0.717, 1.165) is 22.5 Å². The lowest BCUT2D eigenvalue weighted by Crippen LogP contribution is -2.25. The molecule has 0 spiro atoms. The molecular weight excluding hydrogens is 492 g/mol. The first-order chi connectivity index (χ1) is 18.7. The fourth-order valence-electron chi connectivity index (χ4n) is 5.16. The van der Waals surface area contributed by atoms with Gasteiger partial charge in [-0.05, 0) is 42.0 Å². The standard InChI is InChI=1S/C32H30N2O5/c1-32(2)24-11-7-9-13-27(24)34(3)30(32)17-21(35)19-39-31(36)23-18-26(33-25-12-8-6-10-22(23)25)20-14-15-28(37-4)29(16-20)38-5/h6-18H,19H2,1-5H3/b30-17+. The summed E-state index contributed by atoms with van der Waals surface area (Å²) in [6.45, 7) is 3.80. The molecule has 0 aliphatic carbocycles. The number of rotatable bonds is 7. The van der Waals surface area contributed by atoms with E-state index >= 15 is 0 Å². The quantitative estimate of drug-likeness (QED) is 0.219. The number of hydrogen-bond donors (Lipinski definition) is 0. The third kappa shape index (κ3) is 4.72. The Balaban J connectivity index is 1.41. The van der Waals surface area contributed by atoms with Gasteiger partial charge < -0.3 is 19.1 Å². The fourth-order valence-corrected chi connectivity index (χ4v) is 5.16. The van der Waals surface area contributed by atoms with Crippen molar-refractivity contribution >= 4 is 28.3 Å². The highest BCUT2D eigenvalue weighted by atomic mass is 16.5. The van der Waals surface area contributed by atoms with E-state index in [1.165, 1.54) is 0 Å². The molecule has 39 heavy (non-hydrogen) atoms. The highest BCUT2D eigenvalue weighted by molar-refractivity contribution is 6.05. The number of esters is 1. The number of benzene rings is 3. The minimum absolute atomic E-state index is 0.287. The Kier molecular flexibility index (Phi) is 6.83. The maximum Gasteiger partial charge on any atom is 0.339 e. The number of carbonyl (C=O) groups is 2. The first-order valence-corrected chi connectivity index (χ1v) is 12.6. The van der Waals surface area contributed by atoms with Gasteiger partial charge in [0.05, 0.1) is 31.0 Å². The molecule has 0 N–H and O–H groups in total. The van der Waals surface area contributed by atoms with Crippen LogP contribution in [0.25, 0.3) is 22.2 Å². The number of aromatic nitrogens is 1. The van der Waals surface area contributed by atoms with Crippen LogP contribution in [0.5, 0.6) is 11.5 Å². The van der Waals surface area contributed by atoms with Crippen molar-refractivity contribution in [3.63, 3.8) is 0 Å². The molecule has 0 fully saturated rings. The zero-order valence-electron chi connectivity index (χ0n) is 22.6. The van der Waals surface area contributed by atoms with Gasteiger partial charge in [-0.3, -0.25) is 4.79 Å². The van der Waals surface area contributed by atoms with Crippen molar-refractivity contribution in [2.45, 2.75) is 19.3 Å². The van der Waals surface area contributed by atoms with Crippen LogP contribution in [0, 0.1) is 0 Å². The Morgan fingerprint density at radius 2 is 1.64 bits per heavy atom. The summed E-state index contributed by atoms with van der Waals surface area (Å²) in [7, 11) is 5.08. The van der Waals surface area contributed by atoms with Crippen LogP contribution in [-0.4, -0.2) is 44.6 Å². The van der Waals surface area contributed by atoms with Gasteiger partial charge in [0, 0.05) is 40.9 Å². The maximum atomic E-state index is 13.3. The number of hydrogen-bond acceptors (Lipinski definition) is 7. The minimum Gasteiger partial charge on any atom is -0.493 e. The van der Waals surface area contributed by atoms with Crippen LogP contribution >= 0.6 is 0 Å². The van der Waals surface area contributed by atoms with E-state index < -0.39 is 5.97 Å². The molecule has 2 heterocycles. The summed E-state index contributed by atoms with van der Waals surface area (Å²) in [6, 6.07) is 22.5. The molecule has 5 rings (SSSR count). The van der Waals surface area contributed by atoms with Crippen molar-refractivity contribution in [1.82, 2.24) is 4.98 Å². The molecule has 1 aliphatic heterocycles. The topological polar surface area (TPSA) is 78.0 Å². The van der Waals surface area contributed by atoms with Crippen LogP contribution < -0.4 is 14.4 Å². The minimum atomic E-state index is -0.593. The molecule has 0 radical (unpaired) electrons. The van der Waals surface area contributed by atoms with E-state index in [4.69, 9.17) is 19.2 Å². The molecule has 0 unspecified atom stereocenters. The van der Waals surface area contributed by atoms with Crippen LogP contribution in [0.2, 0.25) is 0 Å². The zero-order valence-corrected chi connectivity index (χ0v) is 22.6. The van der Waals surface area contributed by atoms with Gasteiger partial charge in [-0.1, -0.05) is 50.2 Å². The number of likely N-dealkylation sites (N-methyl/N-ethyl adjacent to an activating group) is 1. The molecule has 0 bridgehead atoms. The number of nitrogens with zero attached hydrogens (tertiary/aromatic N) is 2. The molecule has 0 saturated heterocycles. The molecular formula is C32H30N2O5. The molecule has 3 aromatic carbocycles. The van der Waals surface area contributed by atoms with Crippen LogP contribution in [0.4, 0.5) is 5.69 Å². The van der Waals surface area contributed by atoms with Gasteiger partial charge in [-0.2, -0.15) is 0 Å². The second-order valence-electron chi connectivity index (χ2n) is 9.92. The van der Waals surface area contributed by atoms with Crippen LogP contribution in [0.15, 0.2) is 84.6 Å². The normalized spacial score (nSPS) is 14.8. The molecule has 0 atom stereocenters. The second-order valence-corrected chi connectivity index (χ2v) is 9.92. The third-order valence-corrected chi connectivity index (χ3v) is 7.20. The largest absolute Gasteiger partial charge is 0.493 e. The molecule has 1 aromatic heterocycles. The highest BCUT2D eigenvalue weighted by Gasteiger charge is 2.38. The monoisotopic (exact) mass is 522 g/mol. The number of ketones is 1. The molecule has 198 valence electrons. The summed E-state index contributed by atoms with van der Waals surface area (Å²) in [5.74, 6) is 0.261. The molecule has 0 amide bonds. The van der Waals surface area contributed by atoms with E-state index in [9.17, 15) is 9.59 Å². The zero-order chi connectivity index (χ0) is 27.7. The summed E-state index contributed by atoms with van der Waals surface area (Å²) in [5.41, 5.74) is 5.00. The number of pyridine rings is 1. The summed E-state index contributed by atoms with van der Waals surface area (Å²) in [4.78, 5) is 33.0. The van der Waals surface area contributed by atoms with Crippen LogP contribution in [0.1, 0.15) is 29.8 Å². The predicted octanol–water partition coefficient (Wildman–Crippen LogP) is 5.96. The smallest absolute Gasteiger partial charge is 0.339 e. The van der Waals surface area contributed by atoms with E-state index in [0.29, 0.717) is 33.7 Å². The number of ether oxygens (including phenoxy) is 3. The Labute approximate surface area is 227 Å². The van der Waals surface area contributed by atoms with Crippen molar-refractivity contribution in [1.29, 1.82) is 0 Å². The molecule has 0 saturated carbocycles. The van der Waals surface area contributed by atoms with Gasteiger partial charge >= 0.3 is 5.97 Å². The lowest BCUT2D eigenvalue weighted by Gasteiger charge is -2.23. The lowest BCUT2D eigenvalue weighted by molar-refractivity contribution is -0.117. The van der Waals surface area contributed by atoms with Gasteiger partial charge in [0.15, 0.2) is 23.9 Å². The molecule has 7 nitrogen and oxygen atoms in total. The molecule has 4 aromatic rings. The van der Waals surface area contributed by atoms with E-state index in [-0.39, 0.29) is 17.8 Å². The van der Waals surface area contributed by atoms with E-state index in [1.54, 1.807) is 38.5 Å². The lowest BCUT2D eigenvalue weighted by atomic mass is 9.83. The summed E-state index contributed by atoms with van der Waals surface area (Å²) >= 11 is 0. The van der Waals surface area contributed by atoms with Gasteiger partial charge in [0.25, 0.3) is 0 Å². The number of anilines is 1. The third-order valence-electron chi connectivity index (χ3n) is 7.20. The number of fused-ring (bicyclic) bond motifs is 2. The maximum absolute atomic E-state index is 13.3. The number of para-hydroxylation sites is 2. The van der Waals surface area contributed by atoms with Gasteiger partial charge in [-0.25, -0.2) is 9.78 Å². The van der Waals surface area contributed by atoms with Crippen molar-refractivity contribution in [2.75, 3.05) is 32.8 Å². The molecule has 7 heteroatoms. The van der Waals surface area contributed by atoms with Crippen LogP contribution in [0.3, 0.4) is 0 Å². The van der Waals surface area contributed by atoms with Gasteiger partial charge in [0.2, 0.25) is 0 Å². The average molecular weight is 523 g/mol. The SMILES string of the molecule is COc1ccc(-c2cc(C(=O)OCC(=O)/C=C3/N(C)c4ccccc4C3(C)C)c3ccccc3n2)cc1OC. The van der Waals surface area contributed by atoms with Gasteiger partial charge in [-0.15, -0.1) is 0 Å². The second kappa shape index (κ2) is 10.3. The predicted molar refractivity (Wildman–Crippen MR) is 152 cm³/mol.